The zero-order chi connectivity index (χ0) is 12.4. The maximum atomic E-state index is 8.65. The Bertz CT molecular complexity index is 574. The smallest absolute Gasteiger partial charge is 0.107 e. The van der Waals surface area contributed by atoms with Crippen LogP contribution in [0.3, 0.4) is 0 Å². The van der Waals surface area contributed by atoms with Crippen LogP contribution >= 0.6 is 11.3 Å². The second-order valence-electron chi connectivity index (χ2n) is 3.82. The molecule has 17 heavy (non-hydrogen) atoms. The van der Waals surface area contributed by atoms with Crippen LogP contribution in [0.15, 0.2) is 5.38 Å². The highest BCUT2D eigenvalue weighted by molar-refractivity contribution is 7.10. The van der Waals surface area contributed by atoms with Gasteiger partial charge in [0, 0.05) is 23.2 Å². The molecule has 4 nitrogen and oxygen atoms in total. The van der Waals surface area contributed by atoms with E-state index in [0.717, 1.165) is 34.2 Å². The molecule has 5 heteroatoms. The summed E-state index contributed by atoms with van der Waals surface area (Å²) in [5.41, 5.74) is 4.18. The Morgan fingerprint density at radius 2 is 2.24 bits per heavy atom. The molecule has 2 aromatic heterocycles. The quantitative estimate of drug-likeness (QED) is 0.836. The highest BCUT2D eigenvalue weighted by Gasteiger charge is 2.15. The van der Waals surface area contributed by atoms with Crippen LogP contribution in [0.25, 0.3) is 11.3 Å². The van der Waals surface area contributed by atoms with Crippen LogP contribution in [0.1, 0.15) is 23.3 Å². The maximum absolute atomic E-state index is 8.65. The number of thiazole rings is 1. The van der Waals surface area contributed by atoms with Crippen LogP contribution in [0.5, 0.6) is 0 Å². The van der Waals surface area contributed by atoms with Gasteiger partial charge in [-0.1, -0.05) is 0 Å². The molecule has 0 N–H and O–H groups in total. The summed E-state index contributed by atoms with van der Waals surface area (Å²) in [7, 11) is 0. The third-order valence-corrected chi connectivity index (χ3v) is 3.57. The fraction of sp³-hybridized carbons (Fsp3) is 0.417. The van der Waals surface area contributed by atoms with Gasteiger partial charge in [-0.05, 0) is 20.8 Å². The average Bonchev–Trinajstić information content (AvgIpc) is 2.84. The van der Waals surface area contributed by atoms with Gasteiger partial charge in [0.05, 0.1) is 23.9 Å². The Labute approximate surface area is 105 Å². The molecule has 0 bridgehead atoms. The fourth-order valence-corrected chi connectivity index (χ4v) is 2.67. The van der Waals surface area contributed by atoms with Gasteiger partial charge in [0.15, 0.2) is 0 Å². The Kier molecular flexibility index (Phi) is 3.25. The monoisotopic (exact) mass is 246 g/mol. The van der Waals surface area contributed by atoms with Crippen molar-refractivity contribution in [3.05, 3.63) is 21.8 Å². The van der Waals surface area contributed by atoms with Gasteiger partial charge in [-0.3, -0.25) is 4.68 Å². The van der Waals surface area contributed by atoms with Crippen molar-refractivity contribution in [1.29, 1.82) is 5.26 Å². The number of nitrogens with zero attached hydrogens (tertiary/aromatic N) is 4. The van der Waals surface area contributed by atoms with E-state index in [-0.39, 0.29) is 0 Å². The molecule has 0 unspecified atom stereocenters. The number of aryl methyl sites for hydroxylation is 2. The Hall–Kier alpha value is -1.67. The van der Waals surface area contributed by atoms with Crippen molar-refractivity contribution in [2.75, 3.05) is 0 Å². The van der Waals surface area contributed by atoms with Crippen molar-refractivity contribution in [2.45, 2.75) is 33.7 Å². The largest absolute Gasteiger partial charge is 0.269 e. The summed E-state index contributed by atoms with van der Waals surface area (Å²) >= 11 is 1.53. The Morgan fingerprint density at radius 3 is 2.82 bits per heavy atom. The van der Waals surface area contributed by atoms with Crippen molar-refractivity contribution >= 4 is 11.3 Å². The highest BCUT2D eigenvalue weighted by atomic mass is 32.1. The lowest BCUT2D eigenvalue weighted by molar-refractivity contribution is 0.634. The first kappa shape index (κ1) is 11.8. The summed E-state index contributed by atoms with van der Waals surface area (Å²) in [6, 6.07) is 2.12. The van der Waals surface area contributed by atoms with Gasteiger partial charge in [-0.25, -0.2) is 4.98 Å². The molecule has 2 aromatic rings. The Morgan fingerprint density at radius 1 is 1.47 bits per heavy atom. The van der Waals surface area contributed by atoms with Gasteiger partial charge in [0.1, 0.15) is 5.01 Å². The van der Waals surface area contributed by atoms with E-state index in [1.165, 1.54) is 11.3 Å². The van der Waals surface area contributed by atoms with E-state index in [9.17, 15) is 0 Å². The lowest BCUT2D eigenvalue weighted by Gasteiger charge is -1.99. The molecule has 0 saturated carbocycles. The minimum absolute atomic E-state index is 0.380. The highest BCUT2D eigenvalue weighted by Crippen LogP contribution is 2.28. The van der Waals surface area contributed by atoms with Crippen LogP contribution in [0.2, 0.25) is 0 Å². The first-order valence-corrected chi connectivity index (χ1v) is 6.41. The predicted octanol–water partition coefficient (Wildman–Crippen LogP) is 2.71. The van der Waals surface area contributed by atoms with Crippen molar-refractivity contribution in [3.8, 4) is 17.3 Å². The van der Waals surface area contributed by atoms with Crippen LogP contribution in [0.4, 0.5) is 0 Å². The topological polar surface area (TPSA) is 54.5 Å². The third-order valence-electron chi connectivity index (χ3n) is 2.72. The molecule has 0 aromatic carbocycles. The second-order valence-corrected chi connectivity index (χ2v) is 4.77. The molecule has 0 radical (unpaired) electrons. The van der Waals surface area contributed by atoms with E-state index in [1.54, 1.807) is 0 Å². The SMILES string of the molecule is CCn1nc(C)c(-c2csc(CC#N)n2)c1C. The minimum Gasteiger partial charge on any atom is -0.269 e. The lowest BCUT2D eigenvalue weighted by atomic mass is 10.1. The summed E-state index contributed by atoms with van der Waals surface area (Å²) in [4.78, 5) is 4.48. The van der Waals surface area contributed by atoms with Crippen molar-refractivity contribution in [2.24, 2.45) is 0 Å². The number of aromatic nitrogens is 3. The molecule has 0 spiro atoms. The summed E-state index contributed by atoms with van der Waals surface area (Å²) in [6.07, 6.45) is 0.380. The summed E-state index contributed by atoms with van der Waals surface area (Å²) in [5.74, 6) is 0. The molecule has 0 aliphatic heterocycles. The fourth-order valence-electron chi connectivity index (χ4n) is 1.95. The molecule has 88 valence electrons. The first-order chi connectivity index (χ1) is 8.17. The molecule has 0 aliphatic rings. The van der Waals surface area contributed by atoms with Gasteiger partial charge in [-0.15, -0.1) is 11.3 Å². The van der Waals surface area contributed by atoms with Crippen molar-refractivity contribution in [3.63, 3.8) is 0 Å². The van der Waals surface area contributed by atoms with Crippen molar-refractivity contribution < 1.29 is 0 Å². The number of hydrogen-bond donors (Lipinski definition) is 0. The molecule has 2 rings (SSSR count). The molecule has 0 atom stereocenters. The standard InChI is InChI=1S/C12H14N4S/c1-4-16-9(3)12(8(2)15-16)10-7-17-11(14-10)5-6-13/h7H,4-5H2,1-3H3. The van der Waals surface area contributed by atoms with E-state index in [2.05, 4.69) is 30.0 Å². The van der Waals surface area contributed by atoms with E-state index < -0.39 is 0 Å². The zero-order valence-electron chi connectivity index (χ0n) is 10.2. The summed E-state index contributed by atoms with van der Waals surface area (Å²) in [5, 5.41) is 16.0. The number of nitriles is 1. The van der Waals surface area contributed by atoms with E-state index in [0.29, 0.717) is 6.42 Å². The van der Waals surface area contributed by atoms with Gasteiger partial charge in [-0.2, -0.15) is 10.4 Å². The van der Waals surface area contributed by atoms with Gasteiger partial charge >= 0.3 is 0 Å². The van der Waals surface area contributed by atoms with Crippen LogP contribution in [-0.2, 0) is 13.0 Å². The lowest BCUT2D eigenvalue weighted by Crippen LogP contribution is -1.98. The van der Waals surface area contributed by atoms with E-state index >= 15 is 0 Å². The number of rotatable bonds is 3. The van der Waals surface area contributed by atoms with E-state index in [1.807, 2.05) is 17.0 Å². The van der Waals surface area contributed by atoms with Gasteiger partial charge in [0.25, 0.3) is 0 Å². The minimum atomic E-state index is 0.380. The molecule has 0 amide bonds. The number of hydrogen-bond acceptors (Lipinski definition) is 4. The normalized spacial score (nSPS) is 10.5. The van der Waals surface area contributed by atoms with E-state index in [4.69, 9.17) is 5.26 Å². The van der Waals surface area contributed by atoms with Crippen LogP contribution in [-0.4, -0.2) is 14.8 Å². The zero-order valence-corrected chi connectivity index (χ0v) is 11.0. The van der Waals surface area contributed by atoms with Crippen LogP contribution < -0.4 is 0 Å². The first-order valence-electron chi connectivity index (χ1n) is 5.53. The molecular weight excluding hydrogens is 232 g/mol. The summed E-state index contributed by atoms with van der Waals surface area (Å²) < 4.78 is 1.98. The van der Waals surface area contributed by atoms with Gasteiger partial charge in [0.2, 0.25) is 0 Å². The maximum Gasteiger partial charge on any atom is 0.107 e. The average molecular weight is 246 g/mol. The Balaban J connectivity index is 2.45. The van der Waals surface area contributed by atoms with Crippen LogP contribution in [0, 0.1) is 25.2 Å². The predicted molar refractivity (Wildman–Crippen MR) is 67.8 cm³/mol. The third kappa shape index (κ3) is 2.08. The molecule has 0 aliphatic carbocycles. The molecular formula is C12H14N4S. The molecule has 0 fully saturated rings. The molecule has 2 heterocycles. The molecule has 0 saturated heterocycles. The van der Waals surface area contributed by atoms with Crippen molar-refractivity contribution in [1.82, 2.24) is 14.8 Å². The second kappa shape index (κ2) is 4.68. The van der Waals surface area contributed by atoms with Gasteiger partial charge < -0.3 is 0 Å². The summed E-state index contributed by atoms with van der Waals surface area (Å²) in [6.45, 7) is 6.99.